The van der Waals surface area contributed by atoms with Crippen LogP contribution in [0, 0.1) is 5.92 Å². The Balaban J connectivity index is 1.45. The van der Waals surface area contributed by atoms with Gasteiger partial charge in [0.15, 0.2) is 19.8 Å². The third-order valence-corrected chi connectivity index (χ3v) is 21.7. The number of likely N-dealkylation sites (N-methyl/N-ethyl adjacent to an activating group) is 1. The van der Waals surface area contributed by atoms with Crippen molar-refractivity contribution in [3.8, 4) is 57.1 Å². The Morgan fingerprint density at radius 2 is 1.27 bits per heavy atom. The molecule has 0 fully saturated rings. The molecule has 480 valence electrons. The molecule has 10 rings (SSSR count). The fourth-order valence-electron chi connectivity index (χ4n) is 10.8. The van der Waals surface area contributed by atoms with Gasteiger partial charge < -0.3 is 85.8 Å². The van der Waals surface area contributed by atoms with Crippen LogP contribution in [0.3, 0.4) is 0 Å². The molecule has 5 aliphatic heterocycles. The van der Waals surface area contributed by atoms with Gasteiger partial charge >= 0.3 is 7.12 Å². The third-order valence-electron chi connectivity index (χ3n) is 16.7. The Bertz CT molecular complexity index is 3630. The Labute approximate surface area is 532 Å². The Kier molecular flexibility index (Phi) is 20.8. The summed E-state index contributed by atoms with van der Waals surface area (Å²) >= 11 is 14.3. The number of halogens is 2. The first kappa shape index (κ1) is 67.8. The van der Waals surface area contributed by atoms with Gasteiger partial charge in [-0.05, 0) is 114 Å². The van der Waals surface area contributed by atoms with Crippen molar-refractivity contribution in [2.45, 2.75) is 120 Å². The van der Waals surface area contributed by atoms with E-state index >= 15 is 19.2 Å². The average molecular weight is 1300 g/mol. The molecule has 11 N–H and O–H groups in total. The normalized spacial score (nSPS) is 21.6. The number of benzene rings is 5. The maximum absolute atomic E-state index is 16.0. The quantitative estimate of drug-likeness (QED) is 0.0583. The lowest BCUT2D eigenvalue weighted by Gasteiger charge is -2.42. The second-order valence-corrected chi connectivity index (χ2v) is 29.5. The molecule has 7 amide bonds. The molecule has 5 heterocycles. The summed E-state index contributed by atoms with van der Waals surface area (Å²) in [6.07, 6.45) is -2.28. The molecule has 0 saturated carbocycles. The lowest BCUT2D eigenvalue weighted by atomic mass is 9.72. The van der Waals surface area contributed by atoms with Crippen molar-refractivity contribution in [2.24, 2.45) is 11.7 Å². The highest BCUT2D eigenvalue weighted by atomic mass is 35.5. The predicted octanol–water partition coefficient (Wildman–Crippen LogP) is 6.24. The summed E-state index contributed by atoms with van der Waals surface area (Å²) in [5, 5.41) is 41.7. The number of primary amides is 1. The van der Waals surface area contributed by atoms with Gasteiger partial charge in [0.05, 0.1) is 63.0 Å². The molecule has 0 saturated heterocycles. The number of ether oxygens (including phenoxy) is 6. The van der Waals surface area contributed by atoms with Crippen LogP contribution in [0.15, 0.2) is 78.9 Å². The van der Waals surface area contributed by atoms with Gasteiger partial charge in [0.1, 0.15) is 59.0 Å². The minimum Gasteiger partial charge on any atom is -0.497 e. The Morgan fingerprint density at radius 3 is 1.81 bits per heavy atom. The lowest BCUT2D eigenvalue weighted by Crippen LogP contribution is -2.59. The molecular weight excluding hydrogens is 1220 g/mol. The molecule has 0 spiro atoms. The molecule has 0 aliphatic carbocycles. The van der Waals surface area contributed by atoms with E-state index < -0.39 is 122 Å². The maximum atomic E-state index is 16.0. The second kappa shape index (κ2) is 27.6. The van der Waals surface area contributed by atoms with Crippen molar-refractivity contribution in [1.82, 2.24) is 37.2 Å². The van der Waals surface area contributed by atoms with Gasteiger partial charge in [-0.1, -0.05) is 82.9 Å². The van der Waals surface area contributed by atoms with Crippen molar-refractivity contribution in [2.75, 3.05) is 35.5 Å². The number of rotatable bonds is 13. The molecule has 9 atom stereocenters. The average Bonchev–Trinajstić information content (AvgIpc) is 0.793. The summed E-state index contributed by atoms with van der Waals surface area (Å²) in [4.78, 5) is 105. The van der Waals surface area contributed by atoms with Crippen LogP contribution >= 0.6 is 23.2 Å². The van der Waals surface area contributed by atoms with E-state index in [0.29, 0.717) is 5.56 Å². The number of hydrogen-bond acceptors (Lipinski definition) is 17. The van der Waals surface area contributed by atoms with E-state index in [-0.39, 0.29) is 95.3 Å². The zero-order chi connectivity index (χ0) is 66.0. The van der Waals surface area contributed by atoms with E-state index in [0.717, 1.165) is 0 Å². The second-order valence-electron chi connectivity index (χ2n) is 24.0. The summed E-state index contributed by atoms with van der Waals surface area (Å²) in [6, 6.07) is 9.55. The highest BCUT2D eigenvalue weighted by Crippen LogP contribution is 2.49. The van der Waals surface area contributed by atoms with Crippen molar-refractivity contribution >= 4 is 80.0 Å². The number of nitrogens with two attached hydrogens (primary N) is 1. The molecular formula is C62H75BCl2N8O16Si. The van der Waals surface area contributed by atoms with Crippen molar-refractivity contribution in [3.05, 3.63) is 117 Å². The molecule has 5 aromatic rings. The van der Waals surface area contributed by atoms with E-state index in [1.54, 1.807) is 40.0 Å². The van der Waals surface area contributed by atoms with Gasteiger partial charge in [-0.3, -0.25) is 33.6 Å². The van der Waals surface area contributed by atoms with E-state index in [4.69, 9.17) is 61.8 Å². The molecule has 5 aromatic carbocycles. The highest BCUT2D eigenvalue weighted by molar-refractivity contribution is 6.74. The van der Waals surface area contributed by atoms with E-state index in [2.05, 4.69) is 37.2 Å². The zero-order valence-corrected chi connectivity index (χ0v) is 54.5. The largest absolute Gasteiger partial charge is 0.497 e. The molecule has 24 nitrogen and oxygen atoms in total. The van der Waals surface area contributed by atoms with E-state index in [1.807, 2.05) is 33.9 Å². The minimum absolute atomic E-state index is 0.0145. The van der Waals surface area contributed by atoms with Crippen LogP contribution in [-0.2, 0) is 38.0 Å². The lowest BCUT2D eigenvalue weighted by molar-refractivity contribution is -0.137. The van der Waals surface area contributed by atoms with Crippen molar-refractivity contribution in [3.63, 3.8) is 0 Å². The number of methoxy groups -OCH3 is 4. The first-order valence-electron chi connectivity index (χ1n) is 28.9. The van der Waals surface area contributed by atoms with Crippen LogP contribution in [0.4, 0.5) is 0 Å². The van der Waals surface area contributed by atoms with Gasteiger partial charge in [-0.2, -0.15) is 0 Å². The Morgan fingerprint density at radius 1 is 0.689 bits per heavy atom. The molecule has 28 heteroatoms. The molecule has 0 radical (unpaired) electrons. The predicted molar refractivity (Wildman–Crippen MR) is 337 cm³/mol. The number of carbonyl (C=O) groups is 7. The smallest absolute Gasteiger partial charge is 0.480 e. The van der Waals surface area contributed by atoms with Crippen LogP contribution in [0.2, 0.25) is 28.2 Å². The van der Waals surface area contributed by atoms with Gasteiger partial charge in [-0.15, -0.1) is 0 Å². The number of fused-ring (bicyclic) bond motifs is 15. The minimum atomic E-state index is -3.08. The molecule has 5 aliphatic rings. The first-order valence-corrected chi connectivity index (χ1v) is 32.5. The van der Waals surface area contributed by atoms with Crippen LogP contribution < -0.4 is 71.4 Å². The van der Waals surface area contributed by atoms with Gasteiger partial charge in [0, 0.05) is 23.1 Å². The number of carbonyl (C=O) groups excluding carboxylic acids is 7. The Hall–Kier alpha value is -8.11. The first-order chi connectivity index (χ1) is 42.4. The molecule has 11 bridgehead atoms. The standard InChI is InChI=1S/C62H75BCl2N8O16Si/c1-28(2)48(67-7)57(76)69-49-29(3)30-14-18-41(37(64)21-30)87-44-23-33-24-45(54(44)86-11)88-42-19-16-32(22-38(42)65)53(89-90(12,13)62(4,5)6)52-61(80)73-55(63(81)82)36-25-34(83-8)26-43(85-10)47(36)35-20-31(15-17-40(35)84-9)50(59(78)72-52)71-60(79)51(33)70-56(75)39(27-46(66)74)68-58(49)77/h14-26,28-29,39,48-53,55,67,81-82H,27H2,1-13H3,(H2,66,74)(H,68,77)(H,69,76)(H,70,75)(H,71,79)(H,72,78)(H,73,80)/t29-,39+,48-,49-,50-,51-,52+,53-,55-/m1/s1. The van der Waals surface area contributed by atoms with Gasteiger partial charge in [-0.25, -0.2) is 0 Å². The third kappa shape index (κ3) is 14.2. The van der Waals surface area contributed by atoms with E-state index in [1.165, 1.54) is 95.2 Å². The van der Waals surface area contributed by atoms with Crippen molar-refractivity contribution < 1.29 is 76.5 Å². The topological polar surface area (TPSA) is 335 Å². The summed E-state index contributed by atoms with van der Waals surface area (Å²) in [6.45, 7) is 15.0. The van der Waals surface area contributed by atoms with Crippen molar-refractivity contribution in [1.29, 1.82) is 0 Å². The molecule has 90 heavy (non-hydrogen) atoms. The fraction of sp³-hybridized carbons (Fsp3) is 0.403. The highest BCUT2D eigenvalue weighted by Gasteiger charge is 2.47. The van der Waals surface area contributed by atoms with Crippen LogP contribution in [0.5, 0.6) is 46.0 Å². The van der Waals surface area contributed by atoms with Gasteiger partial charge in [0.25, 0.3) is 0 Å². The van der Waals surface area contributed by atoms with Gasteiger partial charge in [0.2, 0.25) is 47.1 Å². The summed E-state index contributed by atoms with van der Waals surface area (Å²) < 4.78 is 43.9. The van der Waals surface area contributed by atoms with E-state index in [9.17, 15) is 24.4 Å². The SMILES string of the molecule is CN[C@@H](C(=O)N[C@H]1C(=O)N[C@@H](CC(N)=O)C(=O)N[C@H]2C(=O)N[C@H]3C(=O)N[C@H](C(=O)N[C@@H](B(O)O)c4cc(OC)cc(OC)c4-c4cc3ccc4OC)[C@H](O[Si](C)(C)C(C)(C)C)c3ccc(c(Cl)c3)Oc3cc2cc(c3OC)Oc2ccc(cc2Cl)[C@H]1C)C(C)C. The maximum Gasteiger partial charge on any atom is 0.480 e. The fourth-order valence-corrected chi connectivity index (χ4v) is 12.5. The van der Waals surface area contributed by atoms with Crippen LogP contribution in [0.25, 0.3) is 11.1 Å². The molecule has 0 aromatic heterocycles. The number of hydrogen-bond donors (Lipinski definition) is 10. The number of amides is 7. The number of nitrogens with one attached hydrogen (secondary N) is 7. The zero-order valence-electron chi connectivity index (χ0n) is 52.0. The van der Waals surface area contributed by atoms with Crippen LogP contribution in [0.1, 0.15) is 106 Å². The summed E-state index contributed by atoms with van der Waals surface area (Å²) in [5.74, 6) is -9.71. The molecule has 0 unspecified atom stereocenters. The monoisotopic (exact) mass is 1300 g/mol. The summed E-state index contributed by atoms with van der Waals surface area (Å²) in [7, 11) is 1.60. The summed E-state index contributed by atoms with van der Waals surface area (Å²) in [5.41, 5.74) is 6.71. The van der Waals surface area contributed by atoms with Crippen LogP contribution in [-0.4, -0.2) is 126 Å².